The number of aliphatic hydroxyl groups is 2. The number of aliphatic hydroxyl groups excluding tert-OH is 2. The fourth-order valence-corrected chi connectivity index (χ4v) is 3.36. The minimum atomic E-state index is -0.851. The molecule has 2 N–H and O–H groups in total. The van der Waals surface area contributed by atoms with Crippen LogP contribution in [0, 0.1) is 11.8 Å². The summed E-state index contributed by atoms with van der Waals surface area (Å²) in [5.74, 6) is 0.544. The molecule has 26 heavy (non-hydrogen) atoms. The minimum Gasteiger partial charge on any atom is -0.462 e. The molecule has 1 aliphatic heterocycles. The Hall–Kier alpha value is -1.39. The van der Waals surface area contributed by atoms with Crippen molar-refractivity contribution in [2.45, 2.75) is 83.0 Å². The number of hydrogen-bond donors (Lipinski definition) is 2. The van der Waals surface area contributed by atoms with Crippen molar-refractivity contribution in [3.63, 3.8) is 0 Å². The second-order valence-corrected chi connectivity index (χ2v) is 7.48. The van der Waals surface area contributed by atoms with E-state index in [1.54, 1.807) is 6.08 Å². The standard InChI is InChI=1S/C22H34O4/c1-2-3-4-5-6-8-11-19(23)20(24)15-14-17-16-18(17)21-12-9-7-10-13-22(25)26-21/h6-9,14-15,17-21,23-24H,2-5,10-13,16H2,1H3. The minimum absolute atomic E-state index is 0.0539. The number of allylic oxidation sites excluding steroid dienone is 3. The summed E-state index contributed by atoms with van der Waals surface area (Å²) in [5.41, 5.74) is 0. The Kier molecular flexibility index (Phi) is 9.13. The van der Waals surface area contributed by atoms with E-state index in [2.05, 4.69) is 25.2 Å². The maximum Gasteiger partial charge on any atom is 0.306 e. The number of carbonyl (C=O) groups excluding carboxylic acids is 1. The second kappa shape index (κ2) is 11.3. The van der Waals surface area contributed by atoms with Crippen molar-refractivity contribution in [2.24, 2.45) is 11.8 Å². The number of hydrogen-bond acceptors (Lipinski definition) is 4. The van der Waals surface area contributed by atoms with Gasteiger partial charge in [-0.25, -0.2) is 0 Å². The predicted molar refractivity (Wildman–Crippen MR) is 104 cm³/mol. The van der Waals surface area contributed by atoms with E-state index in [4.69, 9.17) is 4.74 Å². The third kappa shape index (κ3) is 7.46. The van der Waals surface area contributed by atoms with Crippen LogP contribution in [0.3, 0.4) is 0 Å². The van der Waals surface area contributed by atoms with Gasteiger partial charge in [-0.1, -0.05) is 56.2 Å². The molecule has 0 aromatic carbocycles. The fraction of sp³-hybridized carbons (Fsp3) is 0.682. The molecule has 0 spiro atoms. The van der Waals surface area contributed by atoms with Crippen LogP contribution in [0.4, 0.5) is 0 Å². The Labute approximate surface area is 157 Å². The van der Waals surface area contributed by atoms with Crippen LogP contribution >= 0.6 is 0 Å². The molecule has 0 bridgehead atoms. The zero-order chi connectivity index (χ0) is 18.8. The summed E-state index contributed by atoms with van der Waals surface area (Å²) in [6, 6.07) is 0. The summed E-state index contributed by atoms with van der Waals surface area (Å²) >= 11 is 0. The third-order valence-electron chi connectivity index (χ3n) is 5.17. The Morgan fingerprint density at radius 3 is 2.92 bits per heavy atom. The van der Waals surface area contributed by atoms with Crippen LogP contribution in [0.25, 0.3) is 0 Å². The smallest absolute Gasteiger partial charge is 0.306 e. The molecule has 1 fully saturated rings. The van der Waals surface area contributed by atoms with E-state index in [-0.39, 0.29) is 12.1 Å². The van der Waals surface area contributed by atoms with Crippen molar-refractivity contribution < 1.29 is 19.7 Å². The van der Waals surface area contributed by atoms with Crippen LogP contribution in [0.2, 0.25) is 0 Å². The van der Waals surface area contributed by atoms with Crippen LogP contribution in [-0.4, -0.2) is 34.5 Å². The summed E-state index contributed by atoms with van der Waals surface area (Å²) < 4.78 is 5.55. The van der Waals surface area contributed by atoms with Gasteiger partial charge in [0, 0.05) is 18.8 Å². The topological polar surface area (TPSA) is 66.8 Å². The van der Waals surface area contributed by atoms with Crippen LogP contribution < -0.4 is 0 Å². The predicted octanol–water partition coefficient (Wildman–Crippen LogP) is 4.08. The first-order valence-corrected chi connectivity index (χ1v) is 10.2. The SMILES string of the molecule is CCCCCC=CCC(O)C(O)C=CC1CC1C1CC=CCCC(=O)O1. The lowest BCUT2D eigenvalue weighted by atomic mass is 10.1. The summed E-state index contributed by atoms with van der Waals surface area (Å²) in [7, 11) is 0. The molecule has 2 aliphatic rings. The highest BCUT2D eigenvalue weighted by Gasteiger charge is 2.43. The summed E-state index contributed by atoms with van der Waals surface area (Å²) in [6.07, 6.45) is 18.3. The summed E-state index contributed by atoms with van der Waals surface area (Å²) in [6.45, 7) is 2.18. The van der Waals surface area contributed by atoms with Crippen LogP contribution in [0.1, 0.15) is 64.7 Å². The molecule has 0 amide bonds. The average molecular weight is 363 g/mol. The van der Waals surface area contributed by atoms with Gasteiger partial charge in [-0.3, -0.25) is 4.79 Å². The number of carbonyl (C=O) groups is 1. The van der Waals surface area contributed by atoms with Crippen molar-refractivity contribution in [1.82, 2.24) is 0 Å². The Morgan fingerprint density at radius 1 is 1.27 bits per heavy atom. The normalized spacial score (nSPS) is 28.7. The third-order valence-corrected chi connectivity index (χ3v) is 5.17. The number of ether oxygens (including phenoxy) is 1. The second-order valence-electron chi connectivity index (χ2n) is 7.48. The zero-order valence-electron chi connectivity index (χ0n) is 15.9. The molecular formula is C22H34O4. The van der Waals surface area contributed by atoms with E-state index in [9.17, 15) is 15.0 Å². The lowest BCUT2D eigenvalue weighted by molar-refractivity contribution is -0.150. The van der Waals surface area contributed by atoms with E-state index in [1.807, 2.05) is 12.2 Å². The molecule has 4 nitrogen and oxygen atoms in total. The fourth-order valence-electron chi connectivity index (χ4n) is 3.36. The molecule has 146 valence electrons. The van der Waals surface area contributed by atoms with Crippen LogP contribution in [-0.2, 0) is 9.53 Å². The van der Waals surface area contributed by atoms with Gasteiger partial charge in [-0.2, -0.15) is 0 Å². The van der Waals surface area contributed by atoms with E-state index >= 15 is 0 Å². The zero-order valence-corrected chi connectivity index (χ0v) is 15.9. The molecule has 2 rings (SSSR count). The molecule has 0 aromatic rings. The Morgan fingerprint density at radius 2 is 2.12 bits per heavy atom. The molecule has 5 unspecified atom stereocenters. The lowest BCUT2D eigenvalue weighted by Crippen LogP contribution is -2.23. The Bertz CT molecular complexity index is 508. The average Bonchev–Trinajstić information content (AvgIpc) is 3.38. The molecule has 0 saturated heterocycles. The first-order valence-electron chi connectivity index (χ1n) is 10.2. The van der Waals surface area contributed by atoms with Crippen molar-refractivity contribution in [3.05, 3.63) is 36.5 Å². The maximum atomic E-state index is 11.7. The highest BCUT2D eigenvalue weighted by atomic mass is 16.5. The molecule has 0 radical (unpaired) electrons. The van der Waals surface area contributed by atoms with Gasteiger partial charge in [-0.15, -0.1) is 0 Å². The Balaban J connectivity index is 1.69. The molecule has 5 atom stereocenters. The van der Waals surface area contributed by atoms with Gasteiger partial charge >= 0.3 is 5.97 Å². The molecular weight excluding hydrogens is 328 g/mol. The van der Waals surface area contributed by atoms with E-state index in [1.165, 1.54) is 19.3 Å². The van der Waals surface area contributed by atoms with Crippen LogP contribution in [0.5, 0.6) is 0 Å². The molecule has 1 aliphatic carbocycles. The summed E-state index contributed by atoms with van der Waals surface area (Å²) in [5, 5.41) is 20.1. The first-order chi connectivity index (χ1) is 12.6. The number of cyclic esters (lactones) is 1. The number of rotatable bonds is 10. The highest BCUT2D eigenvalue weighted by Crippen LogP contribution is 2.45. The van der Waals surface area contributed by atoms with E-state index < -0.39 is 12.2 Å². The van der Waals surface area contributed by atoms with Gasteiger partial charge in [0.2, 0.25) is 0 Å². The summed E-state index contributed by atoms with van der Waals surface area (Å²) in [4.78, 5) is 11.7. The van der Waals surface area contributed by atoms with Crippen molar-refractivity contribution >= 4 is 5.97 Å². The van der Waals surface area contributed by atoms with Crippen LogP contribution in [0.15, 0.2) is 36.5 Å². The molecule has 1 saturated carbocycles. The van der Waals surface area contributed by atoms with Gasteiger partial charge in [0.05, 0.1) is 12.2 Å². The van der Waals surface area contributed by atoms with E-state index in [0.29, 0.717) is 24.7 Å². The molecule has 1 heterocycles. The van der Waals surface area contributed by atoms with Gasteiger partial charge in [-0.05, 0) is 38.0 Å². The molecule has 4 heteroatoms. The van der Waals surface area contributed by atoms with Crippen molar-refractivity contribution in [2.75, 3.05) is 0 Å². The highest BCUT2D eigenvalue weighted by molar-refractivity contribution is 5.70. The largest absolute Gasteiger partial charge is 0.462 e. The van der Waals surface area contributed by atoms with Crippen molar-refractivity contribution in [1.29, 1.82) is 0 Å². The van der Waals surface area contributed by atoms with Gasteiger partial charge in [0.1, 0.15) is 6.10 Å². The monoisotopic (exact) mass is 362 g/mol. The lowest BCUT2D eigenvalue weighted by Gasteiger charge is -2.18. The van der Waals surface area contributed by atoms with Gasteiger partial charge in [0.25, 0.3) is 0 Å². The van der Waals surface area contributed by atoms with E-state index in [0.717, 1.165) is 25.7 Å². The first kappa shape index (κ1) is 20.9. The van der Waals surface area contributed by atoms with Gasteiger partial charge in [0.15, 0.2) is 0 Å². The van der Waals surface area contributed by atoms with Gasteiger partial charge < -0.3 is 14.9 Å². The maximum absolute atomic E-state index is 11.7. The van der Waals surface area contributed by atoms with Crippen molar-refractivity contribution in [3.8, 4) is 0 Å². The number of esters is 1. The molecule has 0 aromatic heterocycles. The number of unbranched alkanes of at least 4 members (excludes halogenated alkanes) is 3. The quantitative estimate of drug-likeness (QED) is 0.349.